The maximum absolute atomic E-state index is 12.9. The van der Waals surface area contributed by atoms with Gasteiger partial charge >= 0.3 is 0 Å². The van der Waals surface area contributed by atoms with Crippen LogP contribution in [0.25, 0.3) is 0 Å². The van der Waals surface area contributed by atoms with Crippen LogP contribution in [0.5, 0.6) is 0 Å². The summed E-state index contributed by atoms with van der Waals surface area (Å²) in [6.45, 7) is 12.0. The summed E-state index contributed by atoms with van der Waals surface area (Å²) in [5, 5.41) is 6.14. The second-order valence-corrected chi connectivity index (χ2v) is 15.1. The first kappa shape index (κ1) is 16.2. The van der Waals surface area contributed by atoms with Crippen LogP contribution in [0.2, 0.25) is 18.1 Å². The average Bonchev–Trinajstić information content (AvgIpc) is 2.70. The van der Waals surface area contributed by atoms with E-state index in [1.165, 1.54) is 4.88 Å². The third-order valence-electron chi connectivity index (χ3n) is 4.09. The van der Waals surface area contributed by atoms with Crippen LogP contribution in [0.4, 0.5) is 0 Å². The van der Waals surface area contributed by atoms with Crippen LogP contribution in [-0.4, -0.2) is 19.1 Å². The molecular formula is C13H24N2O2S2Si. The Labute approximate surface area is 127 Å². The summed E-state index contributed by atoms with van der Waals surface area (Å²) >= 11 is 1.54. The second-order valence-electron chi connectivity index (χ2n) is 6.79. The fourth-order valence-corrected chi connectivity index (χ4v) is 8.26. The van der Waals surface area contributed by atoms with Crippen LogP contribution < -0.4 is 5.14 Å². The first-order chi connectivity index (χ1) is 9.03. The summed E-state index contributed by atoms with van der Waals surface area (Å²) < 4.78 is 23.7. The van der Waals surface area contributed by atoms with Crippen molar-refractivity contribution < 1.29 is 8.95 Å². The number of hydrogen-bond donors (Lipinski definition) is 1. The standard InChI is InChI=1S/C13H24N2O2S2Si/c1-13(2,3)20(4,5)15-19(14,16)12-8-10-9-17-7-6-11(10)18-12/h8H,6-7,9H2,1-5H3,(H2,14,15,16). The van der Waals surface area contributed by atoms with E-state index in [-0.39, 0.29) is 5.04 Å². The molecule has 0 saturated carbocycles. The summed E-state index contributed by atoms with van der Waals surface area (Å²) in [6, 6.07) is 1.93. The van der Waals surface area contributed by atoms with Crippen molar-refractivity contribution in [2.75, 3.05) is 6.61 Å². The summed E-state index contributed by atoms with van der Waals surface area (Å²) in [4.78, 5) is 1.25. The average molecular weight is 333 g/mol. The Bertz CT molecular complexity index is 599. The van der Waals surface area contributed by atoms with Gasteiger partial charge in [0.15, 0.2) is 8.24 Å². The number of fused-ring (bicyclic) bond motifs is 1. The summed E-state index contributed by atoms with van der Waals surface area (Å²) in [5.74, 6) is 0. The molecule has 1 aliphatic rings. The fourth-order valence-electron chi connectivity index (χ4n) is 1.79. The van der Waals surface area contributed by atoms with Gasteiger partial charge in [-0.1, -0.05) is 20.8 Å². The number of rotatable bonds is 2. The van der Waals surface area contributed by atoms with Crippen molar-refractivity contribution in [3.8, 4) is 0 Å². The van der Waals surface area contributed by atoms with Crippen LogP contribution in [-0.2, 0) is 27.7 Å². The predicted molar refractivity (Wildman–Crippen MR) is 87.9 cm³/mol. The van der Waals surface area contributed by atoms with E-state index in [0.29, 0.717) is 10.8 Å². The largest absolute Gasteiger partial charge is 0.376 e. The van der Waals surface area contributed by atoms with Crippen molar-refractivity contribution in [2.45, 2.75) is 56.1 Å². The molecule has 0 spiro atoms. The van der Waals surface area contributed by atoms with Gasteiger partial charge in [0.25, 0.3) is 0 Å². The van der Waals surface area contributed by atoms with Crippen LogP contribution in [0.1, 0.15) is 31.2 Å². The van der Waals surface area contributed by atoms with Gasteiger partial charge < -0.3 is 4.74 Å². The molecule has 0 aliphatic carbocycles. The Morgan fingerprint density at radius 1 is 1.45 bits per heavy atom. The zero-order chi connectivity index (χ0) is 15.2. The van der Waals surface area contributed by atoms with E-state index >= 15 is 0 Å². The normalized spacial score (nSPS) is 19.3. The minimum Gasteiger partial charge on any atom is -0.376 e. The summed E-state index contributed by atoms with van der Waals surface area (Å²) in [5.41, 5.74) is 1.12. The molecule has 4 nitrogen and oxygen atoms in total. The predicted octanol–water partition coefficient (Wildman–Crippen LogP) is 3.53. The van der Waals surface area contributed by atoms with Gasteiger partial charge in [-0.05, 0) is 29.8 Å². The molecule has 0 radical (unpaired) electrons. The van der Waals surface area contributed by atoms with Gasteiger partial charge in [0, 0.05) is 11.3 Å². The van der Waals surface area contributed by atoms with Crippen molar-refractivity contribution in [1.82, 2.24) is 0 Å². The monoisotopic (exact) mass is 332 g/mol. The van der Waals surface area contributed by atoms with E-state index in [1.807, 2.05) is 6.07 Å². The van der Waals surface area contributed by atoms with E-state index in [4.69, 9.17) is 9.88 Å². The van der Waals surface area contributed by atoms with Crippen LogP contribution in [0, 0.1) is 0 Å². The lowest BCUT2D eigenvalue weighted by atomic mass is 10.2. The Kier molecular flexibility index (Phi) is 4.21. The fraction of sp³-hybridized carbons (Fsp3) is 0.692. The molecule has 2 heterocycles. The zero-order valence-electron chi connectivity index (χ0n) is 12.9. The highest BCUT2D eigenvalue weighted by Crippen LogP contribution is 2.39. The number of ether oxygens (including phenoxy) is 1. The number of nitrogens with two attached hydrogens (primary N) is 1. The molecule has 1 aromatic heterocycles. The molecule has 7 heteroatoms. The van der Waals surface area contributed by atoms with E-state index in [2.05, 4.69) is 37.9 Å². The molecule has 1 aromatic rings. The highest BCUT2D eigenvalue weighted by molar-refractivity contribution is 7.94. The molecule has 114 valence electrons. The molecule has 20 heavy (non-hydrogen) atoms. The van der Waals surface area contributed by atoms with Gasteiger partial charge in [0.1, 0.15) is 14.1 Å². The molecule has 2 rings (SSSR count). The van der Waals surface area contributed by atoms with Crippen molar-refractivity contribution in [3.05, 3.63) is 16.5 Å². The molecule has 1 atom stereocenters. The molecule has 1 unspecified atom stereocenters. The van der Waals surface area contributed by atoms with Crippen molar-refractivity contribution in [2.24, 2.45) is 9.17 Å². The molecule has 0 saturated heterocycles. The first-order valence-electron chi connectivity index (χ1n) is 6.78. The van der Waals surface area contributed by atoms with Crippen LogP contribution in [0.15, 0.2) is 14.3 Å². The van der Waals surface area contributed by atoms with E-state index in [9.17, 15) is 4.21 Å². The Hall–Kier alpha value is -0.213. The van der Waals surface area contributed by atoms with Crippen molar-refractivity contribution >= 4 is 29.5 Å². The molecular weight excluding hydrogens is 308 g/mol. The topological polar surface area (TPSA) is 64.7 Å². The smallest absolute Gasteiger partial charge is 0.195 e. The van der Waals surface area contributed by atoms with Gasteiger partial charge in [-0.15, -0.1) is 11.3 Å². The molecule has 2 N–H and O–H groups in total. The highest BCUT2D eigenvalue weighted by Gasteiger charge is 2.37. The van der Waals surface area contributed by atoms with E-state index in [1.54, 1.807) is 11.3 Å². The number of nitrogens with zero attached hydrogens (tertiary/aromatic N) is 1. The highest BCUT2D eigenvalue weighted by atomic mass is 32.2. The molecule has 0 aromatic carbocycles. The maximum atomic E-state index is 12.9. The Morgan fingerprint density at radius 2 is 2.10 bits per heavy atom. The van der Waals surface area contributed by atoms with Crippen molar-refractivity contribution in [1.29, 1.82) is 0 Å². The third-order valence-corrected chi connectivity index (χ3v) is 13.4. The Morgan fingerprint density at radius 3 is 2.65 bits per heavy atom. The van der Waals surface area contributed by atoms with E-state index in [0.717, 1.165) is 18.6 Å². The minimum absolute atomic E-state index is 0.0367. The van der Waals surface area contributed by atoms with E-state index < -0.39 is 18.2 Å². The third kappa shape index (κ3) is 3.17. The molecule has 1 aliphatic heterocycles. The van der Waals surface area contributed by atoms with Gasteiger partial charge in [-0.2, -0.15) is 0 Å². The quantitative estimate of drug-likeness (QED) is 0.842. The number of hydrogen-bond acceptors (Lipinski definition) is 4. The lowest BCUT2D eigenvalue weighted by Gasteiger charge is -2.32. The zero-order valence-corrected chi connectivity index (χ0v) is 15.5. The van der Waals surface area contributed by atoms with Gasteiger partial charge in [0.05, 0.1) is 13.2 Å². The summed E-state index contributed by atoms with van der Waals surface area (Å²) in [6.07, 6.45) is 0.885. The SMILES string of the molecule is CC(C)(C)[Si](C)(C)N=S(N)(=O)c1cc2c(s1)CCOC2. The lowest BCUT2D eigenvalue weighted by Crippen LogP contribution is -2.37. The Balaban J connectivity index is 2.45. The van der Waals surface area contributed by atoms with Crippen molar-refractivity contribution in [3.63, 3.8) is 0 Å². The minimum atomic E-state index is -2.80. The van der Waals surface area contributed by atoms with Crippen LogP contribution >= 0.6 is 11.3 Å². The van der Waals surface area contributed by atoms with Crippen LogP contribution in [0.3, 0.4) is 0 Å². The molecule has 0 amide bonds. The summed E-state index contributed by atoms with van der Waals surface area (Å²) in [7, 11) is -4.83. The molecule has 0 fully saturated rings. The first-order valence-corrected chi connectivity index (χ1v) is 12.1. The van der Waals surface area contributed by atoms with Gasteiger partial charge in [-0.3, -0.25) is 4.03 Å². The van der Waals surface area contributed by atoms with Gasteiger partial charge in [-0.25, -0.2) is 9.35 Å². The number of thiophene rings is 1. The molecule has 0 bridgehead atoms. The second kappa shape index (κ2) is 5.21. The lowest BCUT2D eigenvalue weighted by molar-refractivity contribution is 0.112. The van der Waals surface area contributed by atoms with Gasteiger partial charge in [0.2, 0.25) is 0 Å². The maximum Gasteiger partial charge on any atom is 0.195 e.